The highest BCUT2D eigenvalue weighted by atomic mass is 16.6. The van der Waals surface area contributed by atoms with E-state index in [4.69, 9.17) is 5.11 Å². The standard InChI is InChI=1S/C14H18O12/c1-9(15)23-5-12(19)25-7-14(21)26-8-13(20)24-6-11(18)22-4-2-3-10(16)17/h2-8H2,1H3,(H,16,17). The Balaban J connectivity index is 3.75. The third-order valence-corrected chi connectivity index (χ3v) is 2.24. The fourth-order valence-corrected chi connectivity index (χ4v) is 1.15. The van der Waals surface area contributed by atoms with Crippen LogP contribution in [0, 0.1) is 0 Å². The third kappa shape index (κ3) is 14.4. The molecule has 0 saturated carbocycles. The SMILES string of the molecule is CC(=O)OCC(=O)OCC(=O)OCC(=O)OCC(=O)OCCCC(=O)O. The number of hydrogen-bond acceptors (Lipinski definition) is 11. The molecule has 0 aliphatic heterocycles. The van der Waals surface area contributed by atoms with Crippen LogP contribution in [0.2, 0.25) is 0 Å². The predicted molar refractivity (Wildman–Crippen MR) is 77.3 cm³/mol. The largest absolute Gasteiger partial charge is 0.481 e. The zero-order valence-corrected chi connectivity index (χ0v) is 13.9. The van der Waals surface area contributed by atoms with E-state index in [0.29, 0.717) is 0 Å². The second kappa shape index (κ2) is 13.1. The smallest absolute Gasteiger partial charge is 0.344 e. The average Bonchev–Trinajstić information content (AvgIpc) is 2.57. The first-order valence-corrected chi connectivity index (χ1v) is 7.18. The van der Waals surface area contributed by atoms with Gasteiger partial charge in [0, 0.05) is 13.3 Å². The summed E-state index contributed by atoms with van der Waals surface area (Å²) in [6, 6.07) is 0. The summed E-state index contributed by atoms with van der Waals surface area (Å²) < 4.78 is 22.2. The molecule has 0 atom stereocenters. The first-order chi connectivity index (χ1) is 12.2. The lowest BCUT2D eigenvalue weighted by Gasteiger charge is -2.07. The molecule has 0 aliphatic rings. The highest BCUT2D eigenvalue weighted by molar-refractivity contribution is 5.81. The Hall–Kier alpha value is -3.18. The van der Waals surface area contributed by atoms with Gasteiger partial charge in [-0.05, 0) is 6.42 Å². The van der Waals surface area contributed by atoms with Gasteiger partial charge in [0.15, 0.2) is 26.4 Å². The molecule has 0 fully saturated rings. The van der Waals surface area contributed by atoms with Crippen molar-refractivity contribution >= 4 is 35.8 Å². The molecule has 26 heavy (non-hydrogen) atoms. The van der Waals surface area contributed by atoms with Gasteiger partial charge in [-0.3, -0.25) is 9.59 Å². The van der Waals surface area contributed by atoms with Gasteiger partial charge in [-0.1, -0.05) is 0 Å². The van der Waals surface area contributed by atoms with E-state index in [1.54, 1.807) is 0 Å². The number of hydrogen-bond donors (Lipinski definition) is 1. The summed E-state index contributed by atoms with van der Waals surface area (Å²) in [5, 5.41) is 8.38. The van der Waals surface area contributed by atoms with E-state index in [-0.39, 0.29) is 19.4 Å². The molecule has 146 valence electrons. The van der Waals surface area contributed by atoms with E-state index < -0.39 is 62.2 Å². The third-order valence-electron chi connectivity index (χ3n) is 2.24. The lowest BCUT2D eigenvalue weighted by atomic mass is 10.3. The van der Waals surface area contributed by atoms with E-state index in [1.807, 2.05) is 0 Å². The number of carbonyl (C=O) groups excluding carboxylic acids is 5. The van der Waals surface area contributed by atoms with Crippen LogP contribution in [-0.2, 0) is 52.5 Å². The molecule has 0 heterocycles. The van der Waals surface area contributed by atoms with Crippen molar-refractivity contribution in [2.45, 2.75) is 19.8 Å². The first kappa shape index (κ1) is 22.8. The Bertz CT molecular complexity index is 538. The number of rotatable bonds is 12. The quantitative estimate of drug-likeness (QED) is 0.239. The van der Waals surface area contributed by atoms with Gasteiger partial charge in [-0.25, -0.2) is 19.2 Å². The molecule has 0 aromatic heterocycles. The van der Waals surface area contributed by atoms with Gasteiger partial charge in [0.25, 0.3) is 0 Å². The van der Waals surface area contributed by atoms with Gasteiger partial charge < -0.3 is 28.8 Å². The summed E-state index contributed by atoms with van der Waals surface area (Å²) in [5.74, 6) is -5.72. The number of carboxylic acid groups (broad SMARTS) is 1. The summed E-state index contributed by atoms with van der Waals surface area (Å²) in [6.07, 6.45) is -0.0583. The van der Waals surface area contributed by atoms with Gasteiger partial charge in [0.2, 0.25) is 0 Å². The van der Waals surface area contributed by atoms with Gasteiger partial charge in [-0.15, -0.1) is 0 Å². The van der Waals surface area contributed by atoms with Gasteiger partial charge in [0.05, 0.1) is 6.61 Å². The Morgan fingerprint density at radius 1 is 0.654 bits per heavy atom. The normalized spacial score (nSPS) is 9.58. The molecule has 0 saturated heterocycles. The van der Waals surface area contributed by atoms with Crippen LogP contribution in [-0.4, -0.2) is 74.0 Å². The Kier molecular flexibility index (Phi) is 11.5. The topological polar surface area (TPSA) is 169 Å². The number of ether oxygens (including phenoxy) is 5. The van der Waals surface area contributed by atoms with E-state index in [9.17, 15) is 28.8 Å². The van der Waals surface area contributed by atoms with Crippen molar-refractivity contribution in [2.75, 3.05) is 33.0 Å². The minimum atomic E-state index is -1.06. The molecule has 0 aliphatic carbocycles. The summed E-state index contributed by atoms with van der Waals surface area (Å²) in [7, 11) is 0. The number of carboxylic acids is 1. The van der Waals surface area contributed by atoms with Crippen molar-refractivity contribution in [3.8, 4) is 0 Å². The highest BCUT2D eigenvalue weighted by Crippen LogP contribution is 1.92. The fraction of sp³-hybridized carbons (Fsp3) is 0.571. The second-order valence-corrected chi connectivity index (χ2v) is 4.48. The maximum Gasteiger partial charge on any atom is 0.344 e. The maximum absolute atomic E-state index is 11.2. The van der Waals surface area contributed by atoms with E-state index >= 15 is 0 Å². The molecule has 0 amide bonds. The van der Waals surface area contributed by atoms with Crippen LogP contribution in [0.5, 0.6) is 0 Å². The number of esters is 5. The Morgan fingerprint density at radius 2 is 1.04 bits per heavy atom. The summed E-state index contributed by atoms with van der Waals surface area (Å²) in [4.78, 5) is 65.3. The summed E-state index contributed by atoms with van der Waals surface area (Å²) in [5.41, 5.74) is 0. The van der Waals surface area contributed by atoms with Crippen molar-refractivity contribution in [1.82, 2.24) is 0 Å². The number of carbonyl (C=O) groups is 6. The molecule has 0 unspecified atom stereocenters. The molecule has 1 N–H and O–H groups in total. The Morgan fingerprint density at radius 3 is 1.42 bits per heavy atom. The van der Waals surface area contributed by atoms with Crippen molar-refractivity contribution in [1.29, 1.82) is 0 Å². The van der Waals surface area contributed by atoms with Crippen LogP contribution in [0.15, 0.2) is 0 Å². The van der Waals surface area contributed by atoms with Gasteiger partial charge in [0.1, 0.15) is 0 Å². The first-order valence-electron chi connectivity index (χ1n) is 7.18. The van der Waals surface area contributed by atoms with Crippen LogP contribution in [0.25, 0.3) is 0 Å². The van der Waals surface area contributed by atoms with Crippen LogP contribution >= 0.6 is 0 Å². The van der Waals surface area contributed by atoms with Crippen molar-refractivity contribution in [2.24, 2.45) is 0 Å². The molecule has 0 spiro atoms. The molecule has 0 bridgehead atoms. The van der Waals surface area contributed by atoms with Crippen LogP contribution < -0.4 is 0 Å². The molecule has 0 aromatic rings. The molecular weight excluding hydrogens is 360 g/mol. The fourth-order valence-electron chi connectivity index (χ4n) is 1.15. The van der Waals surface area contributed by atoms with E-state index in [0.717, 1.165) is 6.92 Å². The zero-order valence-electron chi connectivity index (χ0n) is 13.9. The second-order valence-electron chi connectivity index (χ2n) is 4.48. The van der Waals surface area contributed by atoms with Crippen LogP contribution in [0.4, 0.5) is 0 Å². The Labute approximate surface area is 147 Å². The predicted octanol–water partition coefficient (Wildman–Crippen LogP) is -1.41. The molecule has 12 heteroatoms. The van der Waals surface area contributed by atoms with E-state index in [2.05, 4.69) is 23.7 Å². The lowest BCUT2D eigenvalue weighted by molar-refractivity contribution is -0.169. The zero-order chi connectivity index (χ0) is 19.9. The van der Waals surface area contributed by atoms with E-state index in [1.165, 1.54) is 0 Å². The minimum Gasteiger partial charge on any atom is -0.481 e. The highest BCUT2D eigenvalue weighted by Gasteiger charge is 2.14. The summed E-state index contributed by atoms with van der Waals surface area (Å²) >= 11 is 0. The van der Waals surface area contributed by atoms with Crippen molar-refractivity contribution in [3.63, 3.8) is 0 Å². The number of aliphatic carboxylic acids is 1. The molecule has 12 nitrogen and oxygen atoms in total. The summed E-state index contributed by atoms with van der Waals surface area (Å²) in [6.45, 7) is -2.10. The monoisotopic (exact) mass is 378 g/mol. The van der Waals surface area contributed by atoms with Crippen molar-refractivity contribution < 1.29 is 57.6 Å². The van der Waals surface area contributed by atoms with Crippen LogP contribution in [0.3, 0.4) is 0 Å². The molecule has 0 aromatic carbocycles. The van der Waals surface area contributed by atoms with Gasteiger partial charge in [-0.2, -0.15) is 0 Å². The minimum absolute atomic E-state index is 0.114. The molecule has 0 radical (unpaired) electrons. The maximum atomic E-state index is 11.2. The van der Waals surface area contributed by atoms with Crippen molar-refractivity contribution in [3.05, 3.63) is 0 Å². The van der Waals surface area contributed by atoms with Gasteiger partial charge >= 0.3 is 35.8 Å². The lowest BCUT2D eigenvalue weighted by Crippen LogP contribution is -2.24. The van der Waals surface area contributed by atoms with Crippen LogP contribution in [0.1, 0.15) is 19.8 Å². The average molecular weight is 378 g/mol. The molecular formula is C14H18O12. The molecule has 0 rings (SSSR count).